The van der Waals surface area contributed by atoms with Crippen molar-refractivity contribution in [3.8, 4) is 0 Å². The summed E-state index contributed by atoms with van der Waals surface area (Å²) in [7, 11) is -16.3. The van der Waals surface area contributed by atoms with Crippen LogP contribution in [0.3, 0.4) is 0 Å². The van der Waals surface area contributed by atoms with Crippen LogP contribution >= 0.6 is 58.0 Å². The second kappa shape index (κ2) is 51.9. The maximum Gasteiger partial charge on any atom is 0.417 e. The molecule has 0 spiro atoms. The molecule has 5 aromatic rings. The first-order chi connectivity index (χ1) is 67.2. The normalized spacial score (nSPS) is 18.0. The highest BCUT2D eigenvalue weighted by Gasteiger charge is 2.48. The summed E-state index contributed by atoms with van der Waals surface area (Å²) in [5.74, 6) is -6.41. The number of piperidine rings is 5. The Labute approximate surface area is 889 Å². The number of nitrogens with one attached hydrogen (secondary N) is 5. The van der Waals surface area contributed by atoms with E-state index in [2.05, 4.69) is 110 Å². The van der Waals surface area contributed by atoms with Gasteiger partial charge in [-0.2, -0.15) is 26.3 Å². The Morgan fingerprint density at radius 2 is 0.531 bits per heavy atom. The van der Waals surface area contributed by atoms with Crippen molar-refractivity contribution in [2.75, 3.05) is 127 Å². The largest absolute Gasteiger partial charge is 0.417 e. The lowest BCUT2D eigenvalue weighted by molar-refractivity contribution is -0.138. The number of nitrogens with zero attached hydrogens (tertiary/aromatic N) is 5. The Kier molecular flexibility index (Phi) is 45.7. The summed E-state index contributed by atoms with van der Waals surface area (Å²) in [5.41, 5.74) is -4.92. The van der Waals surface area contributed by atoms with Crippen molar-refractivity contribution in [2.45, 2.75) is 247 Å². The minimum atomic E-state index is -4.71. The van der Waals surface area contributed by atoms with Crippen LogP contribution in [0, 0.1) is 77.4 Å². The summed E-state index contributed by atoms with van der Waals surface area (Å²) in [5, 5.41) is 13.8. The van der Waals surface area contributed by atoms with Gasteiger partial charge in [0.2, 0.25) is 50.1 Å². The molecule has 5 heterocycles. The van der Waals surface area contributed by atoms with Gasteiger partial charge in [0.15, 0.2) is 0 Å². The Morgan fingerprint density at radius 3 is 0.782 bits per heavy atom. The molecule has 5 saturated heterocycles. The molecule has 5 amide bonds. The third-order valence-electron chi connectivity index (χ3n) is 27.1. The van der Waals surface area contributed by atoms with E-state index < -0.39 is 148 Å². The van der Waals surface area contributed by atoms with Gasteiger partial charge in [-0.3, -0.25) is 24.0 Å². The van der Waals surface area contributed by atoms with Crippen molar-refractivity contribution >= 4 is 138 Å². The van der Waals surface area contributed by atoms with Crippen molar-refractivity contribution in [3.63, 3.8) is 0 Å². The minimum Gasteiger partial charge on any atom is -0.351 e. The first kappa shape index (κ1) is 129. The van der Waals surface area contributed by atoms with Gasteiger partial charge in [-0.15, -0.1) is 0 Å². The van der Waals surface area contributed by atoms with Crippen LogP contribution in [0.5, 0.6) is 0 Å². The molecule has 5 aromatic carbocycles. The Morgan fingerprint density at radius 1 is 0.299 bits per heavy atom. The number of carbonyl (C=O) groups excluding carboxylic acids is 5. The van der Waals surface area contributed by atoms with E-state index in [1.54, 1.807) is 57.1 Å². The molecule has 147 heavy (non-hydrogen) atoms. The number of benzene rings is 5. The van der Waals surface area contributed by atoms with Gasteiger partial charge in [0.05, 0.1) is 77.2 Å². The van der Waals surface area contributed by atoms with Gasteiger partial charge >= 0.3 is 12.4 Å². The molecule has 0 bridgehead atoms. The van der Waals surface area contributed by atoms with Crippen LogP contribution in [-0.4, -0.2) is 220 Å². The number of sulfonamides is 5. The molecule has 5 fully saturated rings. The Bertz CT molecular complexity index is 5940. The minimum absolute atomic E-state index is 0.0206. The molecule has 0 aliphatic carbocycles. The molecule has 25 nitrogen and oxygen atoms in total. The molecule has 0 aromatic heterocycles. The van der Waals surface area contributed by atoms with Crippen LogP contribution < -0.4 is 26.6 Å². The van der Waals surface area contributed by atoms with E-state index in [4.69, 9.17) is 58.0 Å². The molecule has 0 unspecified atom stereocenters. The zero-order valence-corrected chi connectivity index (χ0v) is 95.8. The number of alkyl halides is 6. The van der Waals surface area contributed by atoms with Gasteiger partial charge < -0.3 is 26.6 Å². The average Bonchev–Trinajstić information content (AvgIpc) is 0.795. The summed E-state index contributed by atoms with van der Waals surface area (Å²) in [6.45, 7) is 44.8. The maximum absolute atomic E-state index is 14.0. The zero-order valence-electron chi connectivity index (χ0n) is 87.9. The number of rotatable bonds is 30. The lowest BCUT2D eigenvalue weighted by Crippen LogP contribution is -2.49. The van der Waals surface area contributed by atoms with E-state index in [1.807, 2.05) is 20.8 Å². The number of carbonyl (C=O) groups is 5. The molecule has 832 valence electrons. The van der Waals surface area contributed by atoms with E-state index in [-0.39, 0.29) is 119 Å². The second-order valence-electron chi connectivity index (χ2n) is 45.4. The fraction of sp³-hybridized carbons (Fsp3) is 0.657. The predicted octanol–water partition coefficient (Wildman–Crippen LogP) is 22.3. The molecule has 10 rings (SSSR count). The number of hydrogen-bond donors (Lipinski definition) is 5. The van der Waals surface area contributed by atoms with Crippen LogP contribution in [0.1, 0.15) is 298 Å². The average molecular weight is 2280 g/mol. The van der Waals surface area contributed by atoms with Crippen molar-refractivity contribution in [3.05, 3.63) is 172 Å². The fourth-order valence-electron chi connectivity index (χ4n) is 20.6. The molecule has 5 aliphatic rings. The highest BCUT2D eigenvalue weighted by Crippen LogP contribution is 2.49. The molecular formula is C102H149Cl5F10N10O15S5. The number of hydrogen-bond acceptors (Lipinski definition) is 15. The molecule has 5 N–H and O–H groups in total. The number of amides is 5. The lowest BCUT2D eigenvalue weighted by atomic mass is 9.68. The van der Waals surface area contributed by atoms with Crippen molar-refractivity contribution in [2.24, 2.45) is 54.1 Å². The molecule has 0 atom stereocenters. The van der Waals surface area contributed by atoms with Gasteiger partial charge in [0, 0.05) is 108 Å². The maximum atomic E-state index is 14.0. The van der Waals surface area contributed by atoms with E-state index in [0.717, 1.165) is 93.1 Å². The van der Waals surface area contributed by atoms with E-state index in [9.17, 15) is 110 Å². The van der Waals surface area contributed by atoms with Crippen LogP contribution in [0.25, 0.3) is 0 Å². The summed E-state index contributed by atoms with van der Waals surface area (Å²) < 4.78 is 263. The highest BCUT2D eigenvalue weighted by atomic mass is 35.5. The van der Waals surface area contributed by atoms with Crippen LogP contribution in [-0.2, 0) is 62.5 Å². The van der Waals surface area contributed by atoms with E-state index in [1.165, 1.54) is 29.4 Å². The standard InChI is InChI=1S/2C21H30ClF3N2O3S.C20H30Cl2N2O3S.C20H29ClF2N2O3S.C20H30F2N2O3S/c1-5-31(29,30)27-10-8-20(9-11-27,13-19(2,3)4)14-26-18(28)16-7-6-15(22)12-17(16)21(23,24)25;1-5-31(29,30)27-10-8-20(9-11-27,13-19(2,3)4)14-26-18(28)16-7-6-15(12-17(16)22)21(23,24)25;1-5-28(26,27)24-10-8-20(9-11-24,13-19(2,3)4)14-23-18(25)16-7-6-15(21)12-17(16)22;1-5-29(27,28)25-10-8-20(9-11-25,12-19(2,3)4)13-24-18(26)16-14(22)6-7-15(23)17(16)21;1-5-28(26,27)24-11-9-20(10-12-24,13-19(2,3)4)14-23-18(25)17-15(21)7-6-8-16(17)22/h2*6-7,12H,5,8-11,13-14H2,1-4H3,(H,26,28);6-7,12H,5,8-11,13-14H2,1-4H3,(H,23,25);6-7H,5,8-13H2,1-4H3,(H,24,26);6-8H,5,9-14H2,1-4H3,(H,23,25). The van der Waals surface area contributed by atoms with Crippen LogP contribution in [0.2, 0.25) is 25.1 Å². The SMILES string of the molecule is CCS(=O)(=O)N1CCC(CNC(=O)c2c(F)ccc(F)c2Cl)(CC(C)(C)C)CC1.CCS(=O)(=O)N1CCC(CNC(=O)c2c(F)cccc2F)(CC(C)(C)C)CC1.CCS(=O)(=O)N1CCC(CNC(=O)c2ccc(C(F)(F)F)cc2Cl)(CC(C)(C)C)CC1.CCS(=O)(=O)N1CCC(CNC(=O)c2ccc(Cl)cc2C(F)(F)F)(CC(C)(C)C)CC1.CCS(=O)(=O)N1CCC(CNC(=O)c2ccc(Cl)cc2Cl)(CC(C)(C)C)CC1. The third-order valence-corrected chi connectivity index (χ3v) is 37.9. The molecule has 0 radical (unpaired) electrons. The molecular weight excluding hydrogens is 2130 g/mol. The fourth-order valence-corrected chi connectivity index (χ4v) is 27.3. The van der Waals surface area contributed by atoms with Gasteiger partial charge in [-0.25, -0.2) is 81.2 Å². The predicted molar refractivity (Wildman–Crippen MR) is 563 cm³/mol. The van der Waals surface area contributed by atoms with Crippen molar-refractivity contribution in [1.82, 2.24) is 48.1 Å². The van der Waals surface area contributed by atoms with Crippen molar-refractivity contribution < 1.29 is 110 Å². The second-order valence-corrected chi connectivity index (χ2v) is 58.8. The van der Waals surface area contributed by atoms with Crippen molar-refractivity contribution in [1.29, 1.82) is 0 Å². The molecule has 45 heteroatoms. The molecule has 5 aliphatic heterocycles. The van der Waals surface area contributed by atoms with E-state index in [0.29, 0.717) is 152 Å². The Balaban J connectivity index is 0.000000281. The third kappa shape index (κ3) is 39.0. The number of halogens is 15. The first-order valence-corrected chi connectivity index (χ1v) is 59.2. The highest BCUT2D eigenvalue weighted by molar-refractivity contribution is 7.90. The summed E-state index contributed by atoms with van der Waals surface area (Å²) in [4.78, 5) is 63.0. The van der Waals surface area contributed by atoms with Gasteiger partial charge in [-0.05, 0) is 264 Å². The van der Waals surface area contributed by atoms with Crippen LogP contribution in [0.15, 0.2) is 84.9 Å². The Hall–Kier alpha value is -6.25. The van der Waals surface area contributed by atoms with Crippen LogP contribution in [0.4, 0.5) is 43.9 Å². The summed E-state index contributed by atoms with van der Waals surface area (Å²) in [6.07, 6.45) is 0.614. The van der Waals surface area contributed by atoms with Gasteiger partial charge in [-0.1, -0.05) is 168 Å². The quantitative estimate of drug-likeness (QED) is 0.0211. The summed E-state index contributed by atoms with van der Waals surface area (Å²) >= 11 is 29.5. The van der Waals surface area contributed by atoms with Gasteiger partial charge in [0.1, 0.15) is 28.8 Å². The first-order valence-electron chi connectivity index (χ1n) is 49.3. The zero-order chi connectivity index (χ0) is 112. The molecule has 0 saturated carbocycles. The summed E-state index contributed by atoms with van der Waals surface area (Å²) in [6, 6.07) is 15.6. The topological polar surface area (TPSA) is 332 Å². The van der Waals surface area contributed by atoms with Gasteiger partial charge in [0.25, 0.3) is 29.5 Å². The van der Waals surface area contributed by atoms with E-state index >= 15 is 0 Å². The lowest BCUT2D eigenvalue weighted by Gasteiger charge is -2.44. The smallest absolute Gasteiger partial charge is 0.351 e. The monoisotopic (exact) mass is 2280 g/mol.